The molecule has 0 aliphatic carbocycles. The lowest BCUT2D eigenvalue weighted by atomic mass is 9.96. The highest BCUT2D eigenvalue weighted by atomic mass is 16.5. The number of pyridine rings is 1. The Morgan fingerprint density at radius 3 is 2.92 bits per heavy atom. The van der Waals surface area contributed by atoms with Gasteiger partial charge in [-0.05, 0) is 30.2 Å². The van der Waals surface area contributed by atoms with Crippen molar-refractivity contribution in [1.82, 2.24) is 20.2 Å². The minimum absolute atomic E-state index is 0.145. The number of rotatable bonds is 3. The first-order valence-electron chi connectivity index (χ1n) is 7.65. The summed E-state index contributed by atoms with van der Waals surface area (Å²) in [6.45, 7) is 0.351. The molecule has 2 aromatic heterocycles. The number of aromatic nitrogens is 4. The Hall–Kier alpha value is -3.22. The predicted octanol–water partition coefficient (Wildman–Crippen LogP) is 2.06. The van der Waals surface area contributed by atoms with Gasteiger partial charge in [-0.2, -0.15) is 0 Å². The van der Waals surface area contributed by atoms with Crippen LogP contribution < -0.4 is 10.1 Å². The van der Waals surface area contributed by atoms with Crippen molar-refractivity contribution in [3.05, 3.63) is 54.2 Å². The number of aromatic amines is 1. The second-order valence-electron chi connectivity index (χ2n) is 5.55. The Balaban J connectivity index is 1.45. The van der Waals surface area contributed by atoms with E-state index in [1.807, 2.05) is 42.5 Å². The predicted molar refractivity (Wildman–Crippen MR) is 87.4 cm³/mol. The summed E-state index contributed by atoms with van der Waals surface area (Å²) in [6.07, 6.45) is 2.32. The number of hydrogen-bond donors (Lipinski definition) is 2. The summed E-state index contributed by atoms with van der Waals surface area (Å²) >= 11 is 0. The van der Waals surface area contributed by atoms with Gasteiger partial charge in [0.2, 0.25) is 11.9 Å². The van der Waals surface area contributed by atoms with Gasteiger partial charge < -0.3 is 9.72 Å². The minimum atomic E-state index is -0.261. The van der Waals surface area contributed by atoms with Crippen molar-refractivity contribution in [1.29, 1.82) is 0 Å². The van der Waals surface area contributed by atoms with E-state index in [4.69, 9.17) is 4.74 Å². The van der Waals surface area contributed by atoms with Crippen molar-refractivity contribution in [2.45, 2.75) is 6.42 Å². The first-order chi connectivity index (χ1) is 11.8. The fraction of sp³-hybridized carbons (Fsp3) is 0.176. The molecule has 1 amide bonds. The second-order valence-corrected chi connectivity index (χ2v) is 5.55. The molecule has 4 rings (SSSR count). The van der Waals surface area contributed by atoms with E-state index < -0.39 is 0 Å². The van der Waals surface area contributed by atoms with E-state index >= 15 is 0 Å². The zero-order valence-corrected chi connectivity index (χ0v) is 12.8. The van der Waals surface area contributed by atoms with Crippen LogP contribution in [0.3, 0.4) is 0 Å². The molecule has 1 aliphatic heterocycles. The summed E-state index contributed by atoms with van der Waals surface area (Å²) in [5.74, 6) is 1.26. The first-order valence-corrected chi connectivity index (χ1v) is 7.65. The molecule has 2 N–H and O–H groups in total. The van der Waals surface area contributed by atoms with Crippen LogP contribution in [0.2, 0.25) is 0 Å². The molecule has 0 saturated heterocycles. The van der Waals surface area contributed by atoms with Gasteiger partial charge in [-0.1, -0.05) is 24.3 Å². The third-order valence-corrected chi connectivity index (χ3v) is 3.89. The van der Waals surface area contributed by atoms with Crippen molar-refractivity contribution in [3.63, 3.8) is 0 Å². The molecule has 0 bridgehead atoms. The minimum Gasteiger partial charge on any atom is -0.492 e. The largest absolute Gasteiger partial charge is 0.492 e. The molecular weight excluding hydrogens is 306 g/mol. The highest BCUT2D eigenvalue weighted by Gasteiger charge is 2.26. The number of hydrogen-bond acceptors (Lipinski definition) is 5. The van der Waals surface area contributed by atoms with E-state index in [1.54, 1.807) is 6.20 Å². The summed E-state index contributed by atoms with van der Waals surface area (Å²) < 4.78 is 5.65. The number of para-hydroxylation sites is 1. The number of amides is 1. The van der Waals surface area contributed by atoms with Crippen LogP contribution >= 0.6 is 0 Å². The van der Waals surface area contributed by atoms with Gasteiger partial charge in [0.05, 0.1) is 5.92 Å². The third-order valence-electron chi connectivity index (χ3n) is 3.89. The number of carbonyl (C=O) groups excluding carboxylic acids is 1. The summed E-state index contributed by atoms with van der Waals surface area (Å²) in [5.41, 5.74) is 1.70. The lowest BCUT2D eigenvalue weighted by molar-refractivity contribution is -0.121. The van der Waals surface area contributed by atoms with Gasteiger partial charge in [0, 0.05) is 6.20 Å². The van der Waals surface area contributed by atoms with Crippen LogP contribution in [-0.4, -0.2) is 32.7 Å². The molecule has 1 aliphatic rings. The summed E-state index contributed by atoms with van der Waals surface area (Å²) in [6, 6.07) is 13.3. The van der Waals surface area contributed by atoms with Gasteiger partial charge in [0.15, 0.2) is 5.82 Å². The maximum atomic E-state index is 12.4. The Kier molecular flexibility index (Phi) is 3.66. The average Bonchev–Trinajstić information content (AvgIpc) is 3.10. The number of ether oxygens (including phenoxy) is 1. The fourth-order valence-electron chi connectivity index (χ4n) is 2.65. The zero-order valence-electron chi connectivity index (χ0n) is 12.8. The maximum Gasteiger partial charge on any atom is 0.233 e. The monoisotopic (exact) mass is 321 g/mol. The van der Waals surface area contributed by atoms with Gasteiger partial charge in [-0.15, -0.1) is 10.2 Å². The van der Waals surface area contributed by atoms with Crippen LogP contribution in [0.25, 0.3) is 11.5 Å². The van der Waals surface area contributed by atoms with E-state index in [0.29, 0.717) is 30.5 Å². The number of carbonyl (C=O) groups is 1. The summed E-state index contributed by atoms with van der Waals surface area (Å²) in [5, 5.41) is 10.7. The smallest absolute Gasteiger partial charge is 0.233 e. The number of fused-ring (bicyclic) bond motifs is 1. The molecule has 0 fully saturated rings. The van der Waals surface area contributed by atoms with E-state index in [9.17, 15) is 4.79 Å². The van der Waals surface area contributed by atoms with Gasteiger partial charge in [0.25, 0.3) is 0 Å². The van der Waals surface area contributed by atoms with Crippen molar-refractivity contribution in [2.24, 2.45) is 5.92 Å². The van der Waals surface area contributed by atoms with Crippen molar-refractivity contribution >= 4 is 11.9 Å². The summed E-state index contributed by atoms with van der Waals surface area (Å²) in [7, 11) is 0. The zero-order chi connectivity index (χ0) is 16.4. The molecule has 7 heteroatoms. The highest BCUT2D eigenvalue weighted by Crippen LogP contribution is 2.27. The number of nitrogens with one attached hydrogen (secondary N) is 2. The van der Waals surface area contributed by atoms with Crippen molar-refractivity contribution in [2.75, 3.05) is 11.9 Å². The van der Waals surface area contributed by atoms with Gasteiger partial charge >= 0.3 is 0 Å². The Morgan fingerprint density at radius 2 is 2.04 bits per heavy atom. The normalized spacial score (nSPS) is 16.1. The molecule has 0 spiro atoms. The van der Waals surface area contributed by atoms with E-state index in [0.717, 1.165) is 11.3 Å². The van der Waals surface area contributed by atoms with E-state index in [1.165, 1.54) is 0 Å². The Bertz CT molecular complexity index is 862. The molecule has 3 heterocycles. The molecular formula is C17H15N5O2. The van der Waals surface area contributed by atoms with E-state index in [2.05, 4.69) is 25.5 Å². The highest BCUT2D eigenvalue weighted by molar-refractivity contribution is 5.91. The molecule has 1 unspecified atom stereocenters. The number of anilines is 1. The van der Waals surface area contributed by atoms with Gasteiger partial charge in [-0.25, -0.2) is 0 Å². The standard InChI is InChI=1S/C17H15N5O2/c23-16(12-9-11-5-1-2-7-14(11)24-10-12)20-17-19-15(21-22-17)13-6-3-4-8-18-13/h1-8,12H,9-10H2,(H2,19,20,21,22,23). The fourth-order valence-corrected chi connectivity index (χ4v) is 2.65. The molecule has 0 saturated carbocycles. The van der Waals surface area contributed by atoms with Crippen LogP contribution in [0.5, 0.6) is 5.75 Å². The molecule has 24 heavy (non-hydrogen) atoms. The average molecular weight is 321 g/mol. The van der Waals surface area contributed by atoms with Gasteiger partial charge in [-0.3, -0.25) is 15.1 Å². The first kappa shape index (κ1) is 14.4. The maximum absolute atomic E-state index is 12.4. The van der Waals surface area contributed by atoms with Crippen LogP contribution in [0, 0.1) is 5.92 Å². The quantitative estimate of drug-likeness (QED) is 0.770. The second kappa shape index (κ2) is 6.11. The van der Waals surface area contributed by atoms with Crippen molar-refractivity contribution < 1.29 is 9.53 Å². The van der Waals surface area contributed by atoms with Crippen LogP contribution in [-0.2, 0) is 11.2 Å². The number of nitrogens with zero attached hydrogens (tertiary/aromatic N) is 3. The summed E-state index contributed by atoms with van der Waals surface area (Å²) in [4.78, 5) is 19.6. The van der Waals surface area contributed by atoms with E-state index in [-0.39, 0.29) is 11.8 Å². The molecule has 1 atom stereocenters. The number of H-pyrrole nitrogens is 1. The molecule has 1 aromatic carbocycles. The Morgan fingerprint density at radius 1 is 1.17 bits per heavy atom. The molecule has 7 nitrogen and oxygen atoms in total. The molecule has 3 aromatic rings. The van der Waals surface area contributed by atoms with Crippen LogP contribution in [0.1, 0.15) is 5.56 Å². The topological polar surface area (TPSA) is 92.8 Å². The molecule has 0 radical (unpaired) electrons. The van der Waals surface area contributed by atoms with Crippen LogP contribution in [0.4, 0.5) is 5.95 Å². The third kappa shape index (κ3) is 2.83. The van der Waals surface area contributed by atoms with Crippen molar-refractivity contribution in [3.8, 4) is 17.3 Å². The Labute approximate surface area is 138 Å². The molecule has 120 valence electrons. The lowest BCUT2D eigenvalue weighted by Gasteiger charge is -2.23. The SMILES string of the molecule is O=C(Nc1nnc(-c2ccccn2)[nH]1)C1COc2ccccc2C1. The lowest BCUT2D eigenvalue weighted by Crippen LogP contribution is -2.32. The number of benzene rings is 1. The van der Waals surface area contributed by atoms with Crippen LogP contribution in [0.15, 0.2) is 48.7 Å². The van der Waals surface area contributed by atoms with Gasteiger partial charge in [0.1, 0.15) is 18.1 Å².